The van der Waals surface area contributed by atoms with Crippen LogP contribution in [0.5, 0.6) is 0 Å². The maximum Gasteiger partial charge on any atom is 0.253 e. The van der Waals surface area contributed by atoms with Crippen LogP contribution in [0.1, 0.15) is 10.4 Å². The quantitative estimate of drug-likeness (QED) is 0.820. The highest BCUT2D eigenvalue weighted by molar-refractivity contribution is 14.1. The minimum absolute atomic E-state index is 0.108. The van der Waals surface area contributed by atoms with Crippen molar-refractivity contribution in [2.45, 2.75) is 0 Å². The van der Waals surface area contributed by atoms with Crippen LogP contribution < -0.4 is 0 Å². The molecule has 1 aliphatic rings. The third kappa shape index (κ3) is 3.43. The molecule has 2 rings (SSSR count). The monoisotopic (exact) mass is 360 g/mol. The smallest absolute Gasteiger partial charge is 0.253 e. The lowest BCUT2D eigenvalue weighted by Gasteiger charge is -2.34. The van der Waals surface area contributed by atoms with Crippen molar-refractivity contribution >= 4 is 28.5 Å². The van der Waals surface area contributed by atoms with Crippen LogP contribution in [-0.4, -0.2) is 60.1 Å². The van der Waals surface area contributed by atoms with Gasteiger partial charge in [-0.2, -0.15) is 0 Å². The second-order valence-electron chi connectivity index (χ2n) is 4.37. The zero-order valence-electron chi connectivity index (χ0n) is 10.2. The standard InChI is InChI=1S/C13H17IN2O2/c14-12-3-1-2-11(10-12)13(18)16-6-4-15(5-7-16)8-9-17/h1-3,10,17H,4-9H2. The largest absolute Gasteiger partial charge is 0.395 e. The highest BCUT2D eigenvalue weighted by atomic mass is 127. The van der Waals surface area contributed by atoms with E-state index < -0.39 is 0 Å². The van der Waals surface area contributed by atoms with Crippen LogP contribution in [0, 0.1) is 3.57 Å². The lowest BCUT2D eigenvalue weighted by atomic mass is 10.2. The van der Waals surface area contributed by atoms with E-state index in [9.17, 15) is 4.79 Å². The van der Waals surface area contributed by atoms with Gasteiger partial charge in [0.1, 0.15) is 0 Å². The molecule has 0 unspecified atom stereocenters. The number of amides is 1. The van der Waals surface area contributed by atoms with Gasteiger partial charge in [-0.25, -0.2) is 0 Å². The van der Waals surface area contributed by atoms with Gasteiger partial charge in [0.15, 0.2) is 0 Å². The van der Waals surface area contributed by atoms with Crippen molar-refractivity contribution in [1.29, 1.82) is 0 Å². The number of hydrogen-bond acceptors (Lipinski definition) is 3. The number of aliphatic hydroxyl groups excluding tert-OH is 1. The highest BCUT2D eigenvalue weighted by Gasteiger charge is 2.21. The summed E-state index contributed by atoms with van der Waals surface area (Å²) in [5, 5.41) is 8.88. The van der Waals surface area contributed by atoms with Crippen LogP contribution in [0.2, 0.25) is 0 Å². The first-order valence-electron chi connectivity index (χ1n) is 6.09. The molecule has 1 aliphatic heterocycles. The Bertz CT molecular complexity index is 417. The van der Waals surface area contributed by atoms with E-state index in [2.05, 4.69) is 27.5 Å². The average molecular weight is 360 g/mol. The molecular weight excluding hydrogens is 343 g/mol. The molecule has 0 saturated carbocycles. The van der Waals surface area contributed by atoms with Crippen molar-refractivity contribution in [2.24, 2.45) is 0 Å². The van der Waals surface area contributed by atoms with Crippen LogP contribution >= 0.6 is 22.6 Å². The maximum absolute atomic E-state index is 12.3. The summed E-state index contributed by atoms with van der Waals surface area (Å²) in [6.45, 7) is 4.05. The molecule has 0 spiro atoms. The number of piperazine rings is 1. The molecule has 0 atom stereocenters. The van der Waals surface area contributed by atoms with Gasteiger partial charge >= 0.3 is 0 Å². The Morgan fingerprint density at radius 2 is 2.00 bits per heavy atom. The molecule has 1 amide bonds. The Balaban J connectivity index is 1.95. The molecule has 1 saturated heterocycles. The summed E-state index contributed by atoms with van der Waals surface area (Å²) in [4.78, 5) is 16.3. The van der Waals surface area contributed by atoms with Crippen LogP contribution in [0.3, 0.4) is 0 Å². The Labute approximate surface area is 121 Å². The van der Waals surface area contributed by atoms with Crippen molar-refractivity contribution in [3.05, 3.63) is 33.4 Å². The molecule has 1 aromatic carbocycles. The lowest BCUT2D eigenvalue weighted by Crippen LogP contribution is -2.49. The third-order valence-electron chi connectivity index (χ3n) is 3.15. The van der Waals surface area contributed by atoms with Gasteiger partial charge in [-0.05, 0) is 40.8 Å². The number of nitrogens with zero attached hydrogens (tertiary/aromatic N) is 2. The van der Waals surface area contributed by atoms with Gasteiger partial charge in [0, 0.05) is 41.9 Å². The molecule has 1 heterocycles. The maximum atomic E-state index is 12.3. The van der Waals surface area contributed by atoms with Crippen LogP contribution in [0.4, 0.5) is 0 Å². The molecule has 1 N–H and O–H groups in total. The van der Waals surface area contributed by atoms with E-state index in [1.165, 1.54) is 0 Å². The number of β-amino-alcohol motifs (C(OH)–C–C–N with tert-alkyl or cyclic N) is 1. The van der Waals surface area contributed by atoms with Gasteiger partial charge in [0.2, 0.25) is 0 Å². The topological polar surface area (TPSA) is 43.8 Å². The number of aliphatic hydroxyl groups is 1. The van der Waals surface area contributed by atoms with E-state index in [-0.39, 0.29) is 12.5 Å². The fourth-order valence-electron chi connectivity index (χ4n) is 2.12. The number of halogens is 1. The summed E-state index contributed by atoms with van der Waals surface area (Å²) < 4.78 is 1.08. The second kappa shape index (κ2) is 6.49. The van der Waals surface area contributed by atoms with Gasteiger partial charge in [0.05, 0.1) is 6.61 Å². The normalized spacial score (nSPS) is 16.9. The molecule has 5 heteroatoms. The van der Waals surface area contributed by atoms with Crippen molar-refractivity contribution in [3.8, 4) is 0 Å². The highest BCUT2D eigenvalue weighted by Crippen LogP contribution is 2.12. The molecule has 1 fully saturated rings. The summed E-state index contributed by atoms with van der Waals surface area (Å²) in [7, 11) is 0. The van der Waals surface area contributed by atoms with E-state index in [0.29, 0.717) is 6.54 Å². The summed E-state index contributed by atoms with van der Waals surface area (Å²) in [6, 6.07) is 7.68. The van der Waals surface area contributed by atoms with Crippen LogP contribution in [0.15, 0.2) is 24.3 Å². The van der Waals surface area contributed by atoms with Crippen molar-refractivity contribution in [2.75, 3.05) is 39.3 Å². The van der Waals surface area contributed by atoms with Gasteiger partial charge in [-0.3, -0.25) is 9.69 Å². The van der Waals surface area contributed by atoms with Gasteiger partial charge in [0.25, 0.3) is 5.91 Å². The van der Waals surface area contributed by atoms with Crippen molar-refractivity contribution in [3.63, 3.8) is 0 Å². The van der Waals surface area contributed by atoms with Gasteiger partial charge in [-0.15, -0.1) is 0 Å². The predicted molar refractivity (Wildman–Crippen MR) is 78.6 cm³/mol. The zero-order chi connectivity index (χ0) is 13.0. The molecule has 0 aromatic heterocycles. The summed E-state index contributed by atoms with van der Waals surface area (Å²) >= 11 is 2.22. The fraction of sp³-hybridized carbons (Fsp3) is 0.462. The van der Waals surface area contributed by atoms with Crippen molar-refractivity contribution < 1.29 is 9.90 Å². The molecule has 4 nitrogen and oxygen atoms in total. The lowest BCUT2D eigenvalue weighted by molar-refractivity contribution is 0.0615. The summed E-state index contributed by atoms with van der Waals surface area (Å²) in [5.74, 6) is 0.108. The first-order chi connectivity index (χ1) is 8.70. The molecule has 98 valence electrons. The van der Waals surface area contributed by atoms with Gasteiger partial charge < -0.3 is 10.0 Å². The van der Waals surface area contributed by atoms with Crippen LogP contribution in [-0.2, 0) is 0 Å². The SMILES string of the molecule is O=C(c1cccc(I)c1)N1CCN(CCO)CC1. The Morgan fingerprint density at radius 3 is 2.61 bits per heavy atom. The minimum Gasteiger partial charge on any atom is -0.395 e. The molecule has 0 radical (unpaired) electrons. The van der Waals surface area contributed by atoms with E-state index in [4.69, 9.17) is 5.11 Å². The van der Waals surface area contributed by atoms with E-state index in [1.54, 1.807) is 0 Å². The number of carbonyl (C=O) groups is 1. The molecule has 0 bridgehead atoms. The molecule has 18 heavy (non-hydrogen) atoms. The summed E-state index contributed by atoms with van der Waals surface area (Å²) in [6.07, 6.45) is 0. The average Bonchev–Trinajstić information content (AvgIpc) is 2.39. The van der Waals surface area contributed by atoms with E-state index >= 15 is 0 Å². The first-order valence-corrected chi connectivity index (χ1v) is 7.16. The predicted octanol–water partition coefficient (Wildman–Crippen LogP) is 1.04. The third-order valence-corrected chi connectivity index (χ3v) is 3.82. The van der Waals surface area contributed by atoms with Crippen molar-refractivity contribution in [1.82, 2.24) is 9.80 Å². The Morgan fingerprint density at radius 1 is 1.28 bits per heavy atom. The molecule has 1 aromatic rings. The number of benzene rings is 1. The van der Waals surface area contributed by atoms with E-state index in [1.807, 2.05) is 29.2 Å². The number of hydrogen-bond donors (Lipinski definition) is 1. The molecule has 0 aliphatic carbocycles. The minimum atomic E-state index is 0.108. The second-order valence-corrected chi connectivity index (χ2v) is 5.61. The summed E-state index contributed by atoms with van der Waals surface area (Å²) in [5.41, 5.74) is 0.762. The fourth-order valence-corrected chi connectivity index (χ4v) is 2.66. The Kier molecular flexibility index (Phi) is 4.96. The van der Waals surface area contributed by atoms with Gasteiger partial charge in [-0.1, -0.05) is 6.07 Å². The first kappa shape index (κ1) is 13.8. The number of carbonyl (C=O) groups excluding carboxylic acids is 1. The molecular formula is C13H17IN2O2. The zero-order valence-corrected chi connectivity index (χ0v) is 12.3. The Hall–Kier alpha value is -0.660. The van der Waals surface area contributed by atoms with E-state index in [0.717, 1.165) is 35.3 Å². The van der Waals surface area contributed by atoms with Crippen LogP contribution in [0.25, 0.3) is 0 Å². The number of rotatable bonds is 3.